The first-order valence-electron chi connectivity index (χ1n) is 10.3. The zero-order valence-corrected chi connectivity index (χ0v) is 18.9. The monoisotopic (exact) mass is 435 g/mol. The molecule has 0 aliphatic heterocycles. The first-order valence-corrected chi connectivity index (χ1v) is 11.2. The van der Waals surface area contributed by atoms with Crippen molar-refractivity contribution in [3.05, 3.63) is 65.8 Å². The van der Waals surface area contributed by atoms with Gasteiger partial charge < -0.3 is 9.26 Å². The summed E-state index contributed by atoms with van der Waals surface area (Å²) in [7, 11) is 0. The molecule has 8 heteroatoms. The molecule has 4 rings (SSSR count). The molecule has 2 aromatic heterocycles. The summed E-state index contributed by atoms with van der Waals surface area (Å²) in [5.41, 5.74) is 3.13. The normalized spacial score (nSPS) is 11.3. The molecule has 31 heavy (non-hydrogen) atoms. The molecule has 0 bridgehead atoms. The van der Waals surface area contributed by atoms with Gasteiger partial charge in [-0.2, -0.15) is 4.98 Å². The van der Waals surface area contributed by atoms with Crippen molar-refractivity contribution in [2.75, 3.05) is 6.61 Å². The van der Waals surface area contributed by atoms with Crippen LogP contribution in [0.4, 0.5) is 0 Å². The van der Waals surface area contributed by atoms with Crippen LogP contribution in [-0.2, 0) is 5.75 Å². The number of hydrogen-bond donors (Lipinski definition) is 0. The Labute approximate surface area is 185 Å². The number of hydrogen-bond acceptors (Lipinski definition) is 7. The molecule has 0 fully saturated rings. The number of thioether (sulfide) groups is 1. The third kappa shape index (κ3) is 4.80. The summed E-state index contributed by atoms with van der Waals surface area (Å²) in [6, 6.07) is 16.2. The van der Waals surface area contributed by atoms with Gasteiger partial charge in [-0.25, -0.2) is 0 Å². The van der Waals surface area contributed by atoms with Gasteiger partial charge in [0.05, 0.1) is 12.4 Å². The highest BCUT2D eigenvalue weighted by molar-refractivity contribution is 7.98. The van der Waals surface area contributed by atoms with Crippen LogP contribution in [-0.4, -0.2) is 31.5 Å². The van der Waals surface area contributed by atoms with E-state index in [4.69, 9.17) is 9.26 Å². The molecule has 0 aliphatic carbocycles. The molecule has 0 saturated carbocycles. The minimum atomic E-state index is 0.225. The van der Waals surface area contributed by atoms with Crippen LogP contribution >= 0.6 is 11.8 Å². The fourth-order valence-corrected chi connectivity index (χ4v) is 3.90. The molecule has 7 nitrogen and oxygen atoms in total. The fourth-order valence-electron chi connectivity index (χ4n) is 3.11. The molecule has 0 unspecified atom stereocenters. The van der Waals surface area contributed by atoms with Crippen molar-refractivity contribution in [3.8, 4) is 22.8 Å². The summed E-state index contributed by atoms with van der Waals surface area (Å²) < 4.78 is 13.0. The largest absolute Gasteiger partial charge is 0.494 e. The second-order valence-electron chi connectivity index (χ2n) is 7.43. The minimum Gasteiger partial charge on any atom is -0.494 e. The second-order valence-corrected chi connectivity index (χ2v) is 8.37. The molecular formula is C23H25N5O2S. The van der Waals surface area contributed by atoms with Crippen molar-refractivity contribution in [1.82, 2.24) is 24.9 Å². The van der Waals surface area contributed by atoms with Gasteiger partial charge in [0, 0.05) is 17.2 Å². The molecule has 4 aromatic rings. The van der Waals surface area contributed by atoms with E-state index in [0.29, 0.717) is 24.1 Å². The smallest absolute Gasteiger partial charge is 0.237 e. The van der Waals surface area contributed by atoms with E-state index in [9.17, 15) is 0 Å². The van der Waals surface area contributed by atoms with Crippen molar-refractivity contribution >= 4 is 11.8 Å². The predicted octanol–water partition coefficient (Wildman–Crippen LogP) is 5.44. The Balaban J connectivity index is 1.69. The van der Waals surface area contributed by atoms with Gasteiger partial charge in [-0.05, 0) is 44.2 Å². The minimum absolute atomic E-state index is 0.225. The molecule has 0 N–H and O–H groups in total. The molecule has 0 radical (unpaired) electrons. The van der Waals surface area contributed by atoms with E-state index < -0.39 is 0 Å². The van der Waals surface area contributed by atoms with Crippen LogP contribution in [0.5, 0.6) is 5.75 Å². The van der Waals surface area contributed by atoms with Crippen molar-refractivity contribution in [2.45, 2.75) is 44.5 Å². The zero-order chi connectivity index (χ0) is 21.8. The van der Waals surface area contributed by atoms with Crippen molar-refractivity contribution in [3.63, 3.8) is 0 Å². The maximum Gasteiger partial charge on any atom is 0.237 e. The molecule has 0 saturated heterocycles. The number of nitrogens with zero attached hydrogens (tertiary/aromatic N) is 5. The maximum atomic E-state index is 5.59. The van der Waals surface area contributed by atoms with Gasteiger partial charge in [0.25, 0.3) is 0 Å². The Morgan fingerprint density at radius 2 is 1.90 bits per heavy atom. The Bertz CT molecular complexity index is 1150. The predicted molar refractivity (Wildman–Crippen MR) is 121 cm³/mol. The van der Waals surface area contributed by atoms with Crippen LogP contribution in [0.25, 0.3) is 17.1 Å². The standard InChI is InChI=1S/C23H25N5O2S/c1-5-29-19-11-9-18(10-12-19)28-22(17-8-6-7-16(4)13-17)25-26-23(28)31-14-20-24-21(15(2)3)27-30-20/h6-13,15H,5,14H2,1-4H3. The highest BCUT2D eigenvalue weighted by atomic mass is 32.2. The van der Waals surface area contributed by atoms with E-state index >= 15 is 0 Å². The molecule has 2 aromatic carbocycles. The summed E-state index contributed by atoms with van der Waals surface area (Å²) in [5.74, 6) is 3.64. The zero-order valence-electron chi connectivity index (χ0n) is 18.1. The third-order valence-electron chi connectivity index (χ3n) is 4.64. The van der Waals surface area contributed by atoms with Gasteiger partial charge in [0.15, 0.2) is 16.8 Å². The summed E-state index contributed by atoms with van der Waals surface area (Å²) in [6.07, 6.45) is 0. The quantitative estimate of drug-likeness (QED) is 0.341. The van der Waals surface area contributed by atoms with Crippen LogP contribution < -0.4 is 4.74 Å². The van der Waals surface area contributed by atoms with E-state index in [-0.39, 0.29) is 5.92 Å². The molecule has 0 spiro atoms. The molecule has 2 heterocycles. The Morgan fingerprint density at radius 1 is 1.10 bits per heavy atom. The van der Waals surface area contributed by atoms with E-state index in [1.807, 2.05) is 57.2 Å². The van der Waals surface area contributed by atoms with Crippen LogP contribution in [0, 0.1) is 6.92 Å². The van der Waals surface area contributed by atoms with E-state index in [0.717, 1.165) is 28.0 Å². The summed E-state index contributed by atoms with van der Waals surface area (Å²) in [6.45, 7) is 8.75. The molecule has 0 atom stereocenters. The highest BCUT2D eigenvalue weighted by Gasteiger charge is 2.18. The first kappa shape index (κ1) is 21.1. The number of aromatic nitrogens is 5. The number of rotatable bonds is 8. The number of benzene rings is 2. The lowest BCUT2D eigenvalue weighted by Crippen LogP contribution is -2.00. The number of aryl methyl sites for hydroxylation is 1. The molecule has 160 valence electrons. The SMILES string of the molecule is CCOc1ccc(-n2c(SCc3nc(C(C)C)no3)nnc2-c2cccc(C)c2)cc1. The topological polar surface area (TPSA) is 78.9 Å². The van der Waals surface area contributed by atoms with Gasteiger partial charge in [0.2, 0.25) is 5.89 Å². The van der Waals surface area contributed by atoms with Crippen LogP contribution in [0.1, 0.15) is 44.0 Å². The summed E-state index contributed by atoms with van der Waals surface area (Å²) >= 11 is 1.52. The lowest BCUT2D eigenvalue weighted by Gasteiger charge is -2.11. The highest BCUT2D eigenvalue weighted by Crippen LogP contribution is 2.30. The van der Waals surface area contributed by atoms with Crippen molar-refractivity contribution in [1.29, 1.82) is 0 Å². The molecular weight excluding hydrogens is 410 g/mol. The van der Waals surface area contributed by atoms with Gasteiger partial charge in [0.1, 0.15) is 5.75 Å². The van der Waals surface area contributed by atoms with Gasteiger partial charge in [-0.1, -0.05) is 54.5 Å². The first-order chi connectivity index (χ1) is 15.0. The van der Waals surface area contributed by atoms with Crippen molar-refractivity contribution in [2.24, 2.45) is 0 Å². The average Bonchev–Trinajstić information content (AvgIpc) is 3.40. The Morgan fingerprint density at radius 3 is 2.58 bits per heavy atom. The van der Waals surface area contributed by atoms with Crippen molar-refractivity contribution < 1.29 is 9.26 Å². The molecule has 0 amide bonds. The van der Waals surface area contributed by atoms with Gasteiger partial charge in [-0.15, -0.1) is 10.2 Å². The Kier molecular flexibility index (Phi) is 6.36. The lowest BCUT2D eigenvalue weighted by molar-refractivity contribution is 0.340. The lowest BCUT2D eigenvalue weighted by atomic mass is 10.1. The summed E-state index contributed by atoms with van der Waals surface area (Å²) in [4.78, 5) is 4.46. The molecule has 0 aliphatic rings. The number of ether oxygens (including phenoxy) is 1. The van der Waals surface area contributed by atoms with E-state index in [1.165, 1.54) is 17.3 Å². The van der Waals surface area contributed by atoms with Crippen LogP contribution in [0.3, 0.4) is 0 Å². The maximum absolute atomic E-state index is 5.59. The summed E-state index contributed by atoms with van der Waals surface area (Å²) in [5, 5.41) is 13.8. The third-order valence-corrected chi connectivity index (χ3v) is 5.55. The van der Waals surface area contributed by atoms with E-state index in [1.54, 1.807) is 0 Å². The van der Waals surface area contributed by atoms with Gasteiger partial charge >= 0.3 is 0 Å². The van der Waals surface area contributed by atoms with E-state index in [2.05, 4.69) is 44.0 Å². The average molecular weight is 436 g/mol. The fraction of sp³-hybridized carbons (Fsp3) is 0.304. The van der Waals surface area contributed by atoms with Gasteiger partial charge in [-0.3, -0.25) is 4.57 Å². The van der Waals surface area contributed by atoms with Crippen LogP contribution in [0.2, 0.25) is 0 Å². The van der Waals surface area contributed by atoms with Crippen LogP contribution in [0.15, 0.2) is 58.2 Å². The second kappa shape index (κ2) is 9.34. The Hall–Kier alpha value is -3.13.